The van der Waals surface area contributed by atoms with Crippen LogP contribution in [0.4, 0.5) is 0 Å². The molecular weight excluding hydrogens is 258 g/mol. The lowest BCUT2D eigenvalue weighted by molar-refractivity contribution is -0.150. The van der Waals surface area contributed by atoms with Gasteiger partial charge in [-0.25, -0.2) is 0 Å². The normalized spacial score (nSPS) is 20.7. The van der Waals surface area contributed by atoms with Crippen LogP contribution in [0.5, 0.6) is 0 Å². The van der Waals surface area contributed by atoms with Crippen molar-refractivity contribution >= 4 is 15.9 Å². The summed E-state index contributed by atoms with van der Waals surface area (Å²) < 4.78 is 6.14. The van der Waals surface area contributed by atoms with Crippen molar-refractivity contribution in [1.82, 2.24) is 0 Å². The smallest absolute Gasteiger partial charge is 0.0594 e. The third kappa shape index (κ3) is 1.83. The number of hydrogen-bond acceptors (Lipinski definition) is 3. The van der Waals surface area contributed by atoms with Crippen molar-refractivity contribution in [1.29, 1.82) is 0 Å². The molecule has 3 nitrogen and oxygen atoms in total. The maximum atomic E-state index is 9.38. The number of rotatable bonds is 3. The maximum absolute atomic E-state index is 9.38. The Labute approximate surface area is 97.4 Å². The molecule has 3 N–H and O–H groups in total. The minimum absolute atomic E-state index is 0.0650. The zero-order valence-electron chi connectivity index (χ0n) is 8.32. The van der Waals surface area contributed by atoms with Gasteiger partial charge in [-0.3, -0.25) is 0 Å². The van der Waals surface area contributed by atoms with Crippen LogP contribution in [0.25, 0.3) is 0 Å². The van der Waals surface area contributed by atoms with Crippen LogP contribution >= 0.6 is 15.9 Å². The molecule has 1 fully saturated rings. The van der Waals surface area contributed by atoms with Gasteiger partial charge in [0.05, 0.1) is 25.2 Å². The summed E-state index contributed by atoms with van der Waals surface area (Å²) in [5.41, 5.74) is 6.90. The Morgan fingerprint density at radius 2 is 2.13 bits per heavy atom. The molecule has 0 bridgehead atoms. The molecule has 4 heteroatoms. The summed E-state index contributed by atoms with van der Waals surface area (Å²) in [6.45, 7) is 1.13. The summed E-state index contributed by atoms with van der Waals surface area (Å²) in [6, 6.07) is 7.64. The number of ether oxygens (including phenoxy) is 1. The highest BCUT2D eigenvalue weighted by atomic mass is 79.9. The van der Waals surface area contributed by atoms with Gasteiger partial charge in [-0.15, -0.1) is 0 Å². The zero-order valence-corrected chi connectivity index (χ0v) is 9.90. The van der Waals surface area contributed by atoms with E-state index in [1.54, 1.807) is 0 Å². The van der Waals surface area contributed by atoms with Crippen LogP contribution in [0.1, 0.15) is 11.6 Å². The molecule has 15 heavy (non-hydrogen) atoms. The van der Waals surface area contributed by atoms with Crippen LogP contribution in [-0.2, 0) is 4.74 Å². The van der Waals surface area contributed by atoms with Crippen molar-refractivity contribution < 1.29 is 9.84 Å². The molecule has 2 rings (SSSR count). The second-order valence-electron chi connectivity index (χ2n) is 4.01. The minimum atomic E-state index is -0.302. The highest BCUT2D eigenvalue weighted by Gasteiger charge is 2.44. The number of hydrogen-bond donors (Lipinski definition) is 2. The second kappa shape index (κ2) is 4.22. The average molecular weight is 272 g/mol. The number of halogens is 1. The van der Waals surface area contributed by atoms with Gasteiger partial charge < -0.3 is 15.6 Å². The first-order valence-electron chi connectivity index (χ1n) is 4.88. The fourth-order valence-corrected chi connectivity index (χ4v) is 2.32. The summed E-state index contributed by atoms with van der Waals surface area (Å²) in [6.07, 6.45) is 0. The largest absolute Gasteiger partial charge is 0.396 e. The molecule has 1 aromatic rings. The summed E-state index contributed by atoms with van der Waals surface area (Å²) >= 11 is 3.47. The minimum Gasteiger partial charge on any atom is -0.396 e. The quantitative estimate of drug-likeness (QED) is 0.875. The van der Waals surface area contributed by atoms with Gasteiger partial charge in [0, 0.05) is 10.5 Å². The van der Waals surface area contributed by atoms with Gasteiger partial charge in [-0.05, 0) is 11.6 Å². The van der Waals surface area contributed by atoms with Gasteiger partial charge in [0.15, 0.2) is 0 Å². The molecule has 1 aliphatic rings. The number of nitrogens with two attached hydrogens (primary N) is 1. The Balaban J connectivity index is 2.27. The monoisotopic (exact) mass is 271 g/mol. The molecule has 1 aromatic carbocycles. The summed E-state index contributed by atoms with van der Waals surface area (Å²) in [5, 5.41) is 9.38. The van der Waals surface area contributed by atoms with Crippen molar-refractivity contribution in [2.45, 2.75) is 6.04 Å². The molecule has 0 aliphatic carbocycles. The molecule has 1 saturated heterocycles. The number of benzene rings is 1. The lowest BCUT2D eigenvalue weighted by Gasteiger charge is -2.44. The lowest BCUT2D eigenvalue weighted by atomic mass is 9.76. The molecule has 0 saturated carbocycles. The average Bonchev–Trinajstić information content (AvgIpc) is 2.17. The van der Waals surface area contributed by atoms with Crippen LogP contribution in [-0.4, -0.2) is 24.9 Å². The van der Waals surface area contributed by atoms with Crippen LogP contribution in [0.15, 0.2) is 28.7 Å². The fourth-order valence-electron chi connectivity index (χ4n) is 1.79. The fraction of sp³-hybridized carbons (Fsp3) is 0.455. The molecule has 0 radical (unpaired) electrons. The number of aliphatic hydroxyl groups excluding tert-OH is 1. The predicted octanol–water partition coefficient (Wildman–Crippen LogP) is 1.46. The van der Waals surface area contributed by atoms with Gasteiger partial charge in [-0.2, -0.15) is 0 Å². The summed E-state index contributed by atoms with van der Waals surface area (Å²) in [7, 11) is 0. The summed E-state index contributed by atoms with van der Waals surface area (Å²) in [5.74, 6) is 0. The van der Waals surface area contributed by atoms with E-state index in [1.807, 2.05) is 24.3 Å². The highest BCUT2D eigenvalue weighted by Crippen LogP contribution is 2.40. The highest BCUT2D eigenvalue weighted by molar-refractivity contribution is 9.10. The molecule has 0 spiro atoms. The Bertz CT molecular complexity index is 347. The first kappa shape index (κ1) is 11.1. The third-order valence-electron chi connectivity index (χ3n) is 2.99. The predicted molar refractivity (Wildman–Crippen MR) is 61.4 cm³/mol. The van der Waals surface area contributed by atoms with E-state index in [2.05, 4.69) is 15.9 Å². The first-order chi connectivity index (χ1) is 7.19. The van der Waals surface area contributed by atoms with Gasteiger partial charge in [0.25, 0.3) is 0 Å². The van der Waals surface area contributed by atoms with Crippen LogP contribution in [0.2, 0.25) is 0 Å². The van der Waals surface area contributed by atoms with Crippen molar-refractivity contribution in [3.63, 3.8) is 0 Å². The first-order valence-corrected chi connectivity index (χ1v) is 5.67. The Morgan fingerprint density at radius 3 is 2.60 bits per heavy atom. The molecule has 82 valence electrons. The molecule has 1 heterocycles. The number of aliphatic hydroxyl groups is 1. The van der Waals surface area contributed by atoms with Crippen molar-refractivity contribution in [3.8, 4) is 0 Å². The van der Waals surface area contributed by atoms with Gasteiger partial charge >= 0.3 is 0 Å². The van der Waals surface area contributed by atoms with Gasteiger partial charge in [0.2, 0.25) is 0 Å². The molecule has 0 amide bonds. The summed E-state index contributed by atoms with van der Waals surface area (Å²) in [4.78, 5) is 0. The molecular formula is C11H14BrNO2. The van der Waals surface area contributed by atoms with E-state index >= 15 is 0 Å². The van der Waals surface area contributed by atoms with E-state index < -0.39 is 0 Å². The Hall–Kier alpha value is -0.420. The van der Waals surface area contributed by atoms with Crippen LogP contribution in [0.3, 0.4) is 0 Å². The van der Waals surface area contributed by atoms with E-state index in [1.165, 1.54) is 0 Å². The van der Waals surface area contributed by atoms with Crippen LogP contribution < -0.4 is 5.73 Å². The van der Waals surface area contributed by atoms with E-state index in [-0.39, 0.29) is 18.1 Å². The SMILES string of the molecule is NC(c1ccccc1Br)C1(CO)COC1. The van der Waals surface area contributed by atoms with Gasteiger partial charge in [0.1, 0.15) is 0 Å². The maximum Gasteiger partial charge on any atom is 0.0594 e. The van der Waals surface area contributed by atoms with Gasteiger partial charge in [-0.1, -0.05) is 34.1 Å². The second-order valence-corrected chi connectivity index (χ2v) is 4.87. The van der Waals surface area contributed by atoms with Crippen molar-refractivity contribution in [3.05, 3.63) is 34.3 Å². The molecule has 0 aromatic heterocycles. The van der Waals surface area contributed by atoms with Crippen molar-refractivity contribution in [2.75, 3.05) is 19.8 Å². The zero-order chi connectivity index (χ0) is 10.9. The molecule has 1 aliphatic heterocycles. The van der Waals surface area contributed by atoms with E-state index in [9.17, 15) is 5.11 Å². The van der Waals surface area contributed by atoms with E-state index in [0.717, 1.165) is 10.0 Å². The van der Waals surface area contributed by atoms with Crippen molar-refractivity contribution in [2.24, 2.45) is 11.1 Å². The third-order valence-corrected chi connectivity index (χ3v) is 3.72. The molecule has 1 atom stereocenters. The van der Waals surface area contributed by atoms with Crippen LogP contribution in [0, 0.1) is 5.41 Å². The Kier molecular flexibility index (Phi) is 3.11. The topological polar surface area (TPSA) is 55.5 Å². The molecule has 1 unspecified atom stereocenters. The standard InChI is InChI=1S/C11H14BrNO2/c12-9-4-2-1-3-8(9)10(13)11(5-14)6-15-7-11/h1-4,10,14H,5-7,13H2. The van der Waals surface area contributed by atoms with E-state index in [0.29, 0.717) is 13.2 Å². The lowest BCUT2D eigenvalue weighted by Crippen LogP contribution is -2.52. The van der Waals surface area contributed by atoms with E-state index in [4.69, 9.17) is 10.5 Å². The Morgan fingerprint density at radius 1 is 1.47 bits per heavy atom.